The monoisotopic (exact) mass is 307 g/mol. The van der Waals surface area contributed by atoms with Crippen LogP contribution in [-0.4, -0.2) is 40.8 Å². The average molecular weight is 308 g/mol. The Morgan fingerprint density at radius 2 is 2.19 bits per heavy atom. The van der Waals surface area contributed by atoms with Crippen LogP contribution in [0.5, 0.6) is 0 Å². The van der Waals surface area contributed by atoms with Crippen molar-refractivity contribution in [3.05, 3.63) is 23.4 Å². The van der Waals surface area contributed by atoms with Crippen LogP contribution in [0, 0.1) is 5.92 Å². The van der Waals surface area contributed by atoms with Crippen molar-refractivity contribution >= 4 is 23.2 Å². The molecular formula is C15H22ClN5. The number of hydrogen-bond donors (Lipinski definition) is 1. The first-order valence-electron chi connectivity index (χ1n) is 7.74. The Hall–Kier alpha value is -1.33. The lowest BCUT2D eigenvalue weighted by molar-refractivity contribution is 0.372. The number of anilines is 1. The lowest BCUT2D eigenvalue weighted by Gasteiger charge is -2.29. The number of pyridine rings is 1. The van der Waals surface area contributed by atoms with E-state index in [0.29, 0.717) is 5.02 Å². The summed E-state index contributed by atoms with van der Waals surface area (Å²) in [4.78, 5) is 6.96. The Morgan fingerprint density at radius 3 is 2.95 bits per heavy atom. The largest absolute Gasteiger partial charge is 0.339 e. The molecule has 0 bridgehead atoms. The van der Waals surface area contributed by atoms with Crippen molar-refractivity contribution < 1.29 is 0 Å². The van der Waals surface area contributed by atoms with Gasteiger partial charge in [0.15, 0.2) is 5.65 Å². The lowest BCUT2D eigenvalue weighted by atomic mass is 9.97. The second kappa shape index (κ2) is 6.62. The second-order valence-corrected chi connectivity index (χ2v) is 6.14. The van der Waals surface area contributed by atoms with Gasteiger partial charge in [-0.15, -0.1) is 5.10 Å². The van der Waals surface area contributed by atoms with Crippen molar-refractivity contribution in [2.24, 2.45) is 5.92 Å². The molecule has 1 aliphatic heterocycles. The molecule has 114 valence electrons. The Kier molecular flexibility index (Phi) is 4.60. The molecule has 0 amide bonds. The summed E-state index contributed by atoms with van der Waals surface area (Å²) in [7, 11) is 0. The van der Waals surface area contributed by atoms with Gasteiger partial charge in [0.2, 0.25) is 5.95 Å². The zero-order chi connectivity index (χ0) is 14.7. The summed E-state index contributed by atoms with van der Waals surface area (Å²) in [5, 5.41) is 8.69. The fraction of sp³-hybridized carbons (Fsp3) is 0.600. The summed E-state index contributed by atoms with van der Waals surface area (Å²) in [6.07, 6.45) is 5.38. The van der Waals surface area contributed by atoms with E-state index in [-0.39, 0.29) is 0 Å². The van der Waals surface area contributed by atoms with Crippen LogP contribution in [0.1, 0.15) is 26.2 Å². The van der Waals surface area contributed by atoms with Gasteiger partial charge in [-0.25, -0.2) is 4.52 Å². The SMILES string of the molecule is CCCN(CC1CCNCC1)c1nc2ccc(Cl)cn2n1. The van der Waals surface area contributed by atoms with Crippen molar-refractivity contribution in [1.29, 1.82) is 0 Å². The highest BCUT2D eigenvalue weighted by molar-refractivity contribution is 6.30. The summed E-state index contributed by atoms with van der Waals surface area (Å²) in [6, 6.07) is 3.76. The molecule has 1 fully saturated rings. The molecule has 5 nitrogen and oxygen atoms in total. The molecule has 1 N–H and O–H groups in total. The molecule has 6 heteroatoms. The number of aromatic nitrogens is 3. The van der Waals surface area contributed by atoms with Gasteiger partial charge in [-0.2, -0.15) is 4.98 Å². The third kappa shape index (κ3) is 3.47. The van der Waals surface area contributed by atoms with E-state index in [1.165, 1.54) is 12.8 Å². The van der Waals surface area contributed by atoms with E-state index in [1.807, 2.05) is 18.3 Å². The summed E-state index contributed by atoms with van der Waals surface area (Å²) < 4.78 is 1.77. The van der Waals surface area contributed by atoms with E-state index in [9.17, 15) is 0 Å². The molecule has 2 aromatic heterocycles. The van der Waals surface area contributed by atoms with Gasteiger partial charge in [-0.3, -0.25) is 0 Å². The zero-order valence-corrected chi connectivity index (χ0v) is 13.2. The Morgan fingerprint density at radius 1 is 1.38 bits per heavy atom. The minimum Gasteiger partial charge on any atom is -0.339 e. The summed E-state index contributed by atoms with van der Waals surface area (Å²) in [5.74, 6) is 1.55. The number of nitrogens with zero attached hydrogens (tertiary/aromatic N) is 4. The first-order chi connectivity index (χ1) is 10.3. The predicted octanol–water partition coefficient (Wildman–Crippen LogP) is 2.60. The lowest BCUT2D eigenvalue weighted by Crippen LogP contribution is -2.37. The molecule has 3 rings (SSSR count). The molecule has 0 unspecified atom stereocenters. The third-order valence-corrected chi connectivity index (χ3v) is 4.22. The third-order valence-electron chi connectivity index (χ3n) is 4.00. The molecule has 1 aliphatic rings. The van der Waals surface area contributed by atoms with Gasteiger partial charge in [0.1, 0.15) is 0 Å². The smallest absolute Gasteiger partial charge is 0.245 e. The predicted molar refractivity (Wildman–Crippen MR) is 86.1 cm³/mol. The van der Waals surface area contributed by atoms with Crippen molar-refractivity contribution in [1.82, 2.24) is 19.9 Å². The highest BCUT2D eigenvalue weighted by Gasteiger charge is 2.19. The molecular weight excluding hydrogens is 286 g/mol. The van der Waals surface area contributed by atoms with Crippen molar-refractivity contribution in [2.45, 2.75) is 26.2 Å². The van der Waals surface area contributed by atoms with Gasteiger partial charge in [-0.1, -0.05) is 18.5 Å². The number of rotatable bonds is 5. The Balaban J connectivity index is 1.80. The van der Waals surface area contributed by atoms with Crippen molar-refractivity contribution in [2.75, 3.05) is 31.1 Å². The van der Waals surface area contributed by atoms with E-state index in [4.69, 9.17) is 11.6 Å². The van der Waals surface area contributed by atoms with Gasteiger partial charge in [-0.05, 0) is 50.4 Å². The first kappa shape index (κ1) is 14.6. The molecule has 2 aromatic rings. The minimum atomic E-state index is 0.680. The molecule has 0 radical (unpaired) electrons. The molecule has 3 heterocycles. The van der Waals surface area contributed by atoms with Gasteiger partial charge >= 0.3 is 0 Å². The van der Waals surface area contributed by atoms with Crippen LogP contribution in [0.4, 0.5) is 5.95 Å². The Labute approximate surface area is 130 Å². The molecule has 0 aromatic carbocycles. The van der Waals surface area contributed by atoms with E-state index >= 15 is 0 Å². The van der Waals surface area contributed by atoms with Crippen LogP contribution >= 0.6 is 11.6 Å². The number of halogens is 1. The van der Waals surface area contributed by atoms with Gasteiger partial charge in [0, 0.05) is 19.3 Å². The molecule has 1 saturated heterocycles. The van der Waals surface area contributed by atoms with E-state index in [2.05, 4.69) is 27.2 Å². The molecule has 0 saturated carbocycles. The fourth-order valence-corrected chi connectivity index (χ4v) is 3.05. The van der Waals surface area contributed by atoms with E-state index in [0.717, 1.165) is 50.1 Å². The number of hydrogen-bond acceptors (Lipinski definition) is 4. The highest BCUT2D eigenvalue weighted by atomic mass is 35.5. The van der Waals surface area contributed by atoms with Crippen LogP contribution in [0.2, 0.25) is 5.02 Å². The van der Waals surface area contributed by atoms with Crippen LogP contribution in [-0.2, 0) is 0 Å². The number of piperidine rings is 1. The second-order valence-electron chi connectivity index (χ2n) is 5.70. The molecule has 0 atom stereocenters. The van der Waals surface area contributed by atoms with Crippen molar-refractivity contribution in [3.63, 3.8) is 0 Å². The van der Waals surface area contributed by atoms with Crippen LogP contribution in [0.3, 0.4) is 0 Å². The summed E-state index contributed by atoms with van der Waals surface area (Å²) in [6.45, 7) is 6.48. The molecule has 0 spiro atoms. The maximum atomic E-state index is 6.02. The van der Waals surface area contributed by atoms with Crippen LogP contribution in [0.15, 0.2) is 18.3 Å². The van der Waals surface area contributed by atoms with Gasteiger partial charge < -0.3 is 10.2 Å². The van der Waals surface area contributed by atoms with Crippen molar-refractivity contribution in [3.8, 4) is 0 Å². The van der Waals surface area contributed by atoms with Gasteiger partial charge in [0.05, 0.1) is 5.02 Å². The maximum absolute atomic E-state index is 6.02. The molecule has 0 aliphatic carbocycles. The highest BCUT2D eigenvalue weighted by Crippen LogP contribution is 2.19. The van der Waals surface area contributed by atoms with Crippen LogP contribution in [0.25, 0.3) is 5.65 Å². The van der Waals surface area contributed by atoms with Crippen LogP contribution < -0.4 is 10.2 Å². The topological polar surface area (TPSA) is 45.5 Å². The fourth-order valence-electron chi connectivity index (χ4n) is 2.90. The van der Waals surface area contributed by atoms with E-state index in [1.54, 1.807) is 4.52 Å². The standard InChI is InChI=1S/C15H22ClN5/c1-2-9-20(10-12-5-7-17-8-6-12)15-18-14-4-3-13(16)11-21(14)19-15/h3-4,11-12,17H,2,5-10H2,1H3. The Bertz CT molecular complexity index is 591. The summed E-state index contributed by atoms with van der Waals surface area (Å²) in [5.41, 5.74) is 0.848. The number of fused-ring (bicyclic) bond motifs is 1. The summed E-state index contributed by atoms with van der Waals surface area (Å²) >= 11 is 6.02. The number of nitrogens with one attached hydrogen (secondary N) is 1. The maximum Gasteiger partial charge on any atom is 0.245 e. The molecule has 21 heavy (non-hydrogen) atoms. The van der Waals surface area contributed by atoms with Gasteiger partial charge in [0.25, 0.3) is 0 Å². The zero-order valence-electron chi connectivity index (χ0n) is 12.4. The quantitative estimate of drug-likeness (QED) is 0.922. The first-order valence-corrected chi connectivity index (χ1v) is 8.11. The normalized spacial score (nSPS) is 16.5. The minimum absolute atomic E-state index is 0.680. The average Bonchev–Trinajstić information content (AvgIpc) is 2.91. The van der Waals surface area contributed by atoms with E-state index < -0.39 is 0 Å².